The lowest BCUT2D eigenvalue weighted by molar-refractivity contribution is -0.385. The predicted octanol–water partition coefficient (Wildman–Crippen LogP) is 1.69. The molecule has 0 bridgehead atoms. The number of nitro benzene ring substituents is 1. The summed E-state index contributed by atoms with van der Waals surface area (Å²) in [6.45, 7) is 5.41. The van der Waals surface area contributed by atoms with Crippen molar-refractivity contribution in [1.29, 1.82) is 0 Å². The number of hydrazine groups is 1. The number of hydrogen-bond donors (Lipinski definition) is 2. The Bertz CT molecular complexity index is 643. The van der Waals surface area contributed by atoms with Crippen LogP contribution >= 0.6 is 0 Å². The average Bonchev–Trinajstić information content (AvgIpc) is 2.45. The third kappa shape index (κ3) is 3.31. The number of non-ortho nitro benzene ring substituents is 1. The maximum absolute atomic E-state index is 12.7. The molecule has 1 rings (SSSR count). The van der Waals surface area contributed by atoms with E-state index in [1.165, 1.54) is 23.5 Å². The van der Waals surface area contributed by atoms with Gasteiger partial charge in [0.05, 0.1) is 10.6 Å². The SMILES string of the molecule is CCC(C)(C)N(C)S(=O)(=O)c1cc([N+](=O)[O-])ccc1NN. The average molecular weight is 316 g/mol. The molecule has 0 amide bonds. The van der Waals surface area contributed by atoms with Gasteiger partial charge in [0, 0.05) is 24.7 Å². The Hall–Kier alpha value is -1.71. The highest BCUT2D eigenvalue weighted by atomic mass is 32.2. The number of nitro groups is 1. The Balaban J connectivity index is 3.49. The van der Waals surface area contributed by atoms with Crippen LogP contribution in [0.5, 0.6) is 0 Å². The maximum Gasteiger partial charge on any atom is 0.270 e. The van der Waals surface area contributed by atoms with Gasteiger partial charge >= 0.3 is 0 Å². The molecule has 0 aliphatic heterocycles. The molecule has 0 aliphatic rings. The van der Waals surface area contributed by atoms with Crippen molar-refractivity contribution >= 4 is 21.4 Å². The lowest BCUT2D eigenvalue weighted by Gasteiger charge is -2.34. The van der Waals surface area contributed by atoms with Crippen LogP contribution in [0.3, 0.4) is 0 Å². The number of anilines is 1. The summed E-state index contributed by atoms with van der Waals surface area (Å²) in [6, 6.07) is 3.48. The summed E-state index contributed by atoms with van der Waals surface area (Å²) in [5, 5.41) is 10.8. The molecule has 3 N–H and O–H groups in total. The van der Waals surface area contributed by atoms with Gasteiger partial charge in [-0.15, -0.1) is 0 Å². The van der Waals surface area contributed by atoms with E-state index in [1.807, 2.05) is 6.92 Å². The van der Waals surface area contributed by atoms with Crippen molar-refractivity contribution in [1.82, 2.24) is 4.31 Å². The van der Waals surface area contributed by atoms with Gasteiger partial charge in [-0.05, 0) is 26.3 Å². The molecule has 118 valence electrons. The fraction of sp³-hybridized carbons (Fsp3) is 0.500. The molecule has 0 fully saturated rings. The Labute approximate surface area is 124 Å². The summed E-state index contributed by atoms with van der Waals surface area (Å²) < 4.78 is 26.6. The van der Waals surface area contributed by atoms with E-state index in [2.05, 4.69) is 5.43 Å². The second-order valence-electron chi connectivity index (χ2n) is 5.22. The predicted molar refractivity (Wildman–Crippen MR) is 80.2 cm³/mol. The molecule has 0 aromatic heterocycles. The topological polar surface area (TPSA) is 119 Å². The lowest BCUT2D eigenvalue weighted by atomic mass is 10.0. The van der Waals surface area contributed by atoms with Gasteiger partial charge in [0.15, 0.2) is 0 Å². The number of hydrogen-bond acceptors (Lipinski definition) is 6. The molecule has 9 heteroatoms. The first kappa shape index (κ1) is 17.3. The van der Waals surface area contributed by atoms with Gasteiger partial charge in [-0.3, -0.25) is 16.0 Å². The van der Waals surface area contributed by atoms with E-state index in [9.17, 15) is 18.5 Å². The van der Waals surface area contributed by atoms with Gasteiger partial charge in [0.1, 0.15) is 4.90 Å². The highest BCUT2D eigenvalue weighted by Gasteiger charge is 2.35. The van der Waals surface area contributed by atoms with Gasteiger partial charge in [-0.2, -0.15) is 4.31 Å². The zero-order valence-electron chi connectivity index (χ0n) is 12.5. The van der Waals surface area contributed by atoms with Crippen LogP contribution in [-0.2, 0) is 10.0 Å². The van der Waals surface area contributed by atoms with Crippen LogP contribution in [0.1, 0.15) is 27.2 Å². The number of benzene rings is 1. The number of rotatable bonds is 6. The summed E-state index contributed by atoms with van der Waals surface area (Å²) in [7, 11) is -2.48. The summed E-state index contributed by atoms with van der Waals surface area (Å²) in [4.78, 5) is 9.98. The van der Waals surface area contributed by atoms with Crippen LogP contribution in [-0.4, -0.2) is 30.2 Å². The third-order valence-corrected chi connectivity index (χ3v) is 5.80. The number of nitrogen functional groups attached to an aromatic ring is 1. The van der Waals surface area contributed by atoms with Crippen LogP contribution in [0.25, 0.3) is 0 Å². The maximum atomic E-state index is 12.7. The molecule has 1 aromatic rings. The largest absolute Gasteiger partial charge is 0.323 e. The van der Waals surface area contributed by atoms with E-state index >= 15 is 0 Å². The van der Waals surface area contributed by atoms with Crippen LogP contribution in [0, 0.1) is 10.1 Å². The van der Waals surface area contributed by atoms with Gasteiger partial charge in [0.2, 0.25) is 10.0 Å². The van der Waals surface area contributed by atoms with Gasteiger partial charge in [-0.25, -0.2) is 8.42 Å². The number of nitrogens with zero attached hydrogens (tertiary/aromatic N) is 2. The fourth-order valence-electron chi connectivity index (χ4n) is 1.65. The quantitative estimate of drug-likeness (QED) is 0.468. The number of nitrogens with two attached hydrogens (primary N) is 1. The Morgan fingerprint density at radius 2 is 2.00 bits per heavy atom. The smallest absolute Gasteiger partial charge is 0.270 e. The van der Waals surface area contributed by atoms with Gasteiger partial charge in [-0.1, -0.05) is 6.92 Å². The van der Waals surface area contributed by atoms with E-state index in [4.69, 9.17) is 5.84 Å². The minimum Gasteiger partial charge on any atom is -0.323 e. The molecule has 0 saturated carbocycles. The standard InChI is InChI=1S/C12H20N4O4S/c1-5-12(2,3)15(4)21(19,20)11-8-9(16(17)18)6-7-10(11)14-13/h6-8,14H,5,13H2,1-4H3. The lowest BCUT2D eigenvalue weighted by Crippen LogP contribution is -2.44. The molecule has 0 aliphatic carbocycles. The molecule has 0 saturated heterocycles. The fourth-order valence-corrected chi connectivity index (χ4v) is 3.40. The van der Waals surface area contributed by atoms with Crippen molar-refractivity contribution < 1.29 is 13.3 Å². The van der Waals surface area contributed by atoms with Crippen LogP contribution in [0.2, 0.25) is 0 Å². The first-order chi connectivity index (χ1) is 9.57. The molecular formula is C12H20N4O4S. The van der Waals surface area contributed by atoms with E-state index in [0.29, 0.717) is 6.42 Å². The molecular weight excluding hydrogens is 296 g/mol. The summed E-state index contributed by atoms with van der Waals surface area (Å²) >= 11 is 0. The zero-order valence-corrected chi connectivity index (χ0v) is 13.3. The molecule has 1 aromatic carbocycles. The van der Waals surface area contributed by atoms with E-state index in [0.717, 1.165) is 6.07 Å². The Kier molecular flexibility index (Phi) is 4.92. The minimum atomic E-state index is -3.92. The van der Waals surface area contributed by atoms with Crippen molar-refractivity contribution in [3.05, 3.63) is 28.3 Å². The summed E-state index contributed by atoms with van der Waals surface area (Å²) in [6.07, 6.45) is 0.586. The van der Waals surface area contributed by atoms with Gasteiger partial charge in [0.25, 0.3) is 5.69 Å². The van der Waals surface area contributed by atoms with E-state index < -0.39 is 20.5 Å². The molecule has 0 spiro atoms. The second kappa shape index (κ2) is 5.96. The molecule has 21 heavy (non-hydrogen) atoms. The monoisotopic (exact) mass is 316 g/mol. The normalized spacial score (nSPS) is 12.5. The second-order valence-corrected chi connectivity index (χ2v) is 7.16. The minimum absolute atomic E-state index is 0.111. The van der Waals surface area contributed by atoms with Crippen LogP contribution < -0.4 is 11.3 Å². The van der Waals surface area contributed by atoms with Crippen molar-refractivity contribution in [3.8, 4) is 0 Å². The van der Waals surface area contributed by atoms with E-state index in [1.54, 1.807) is 13.8 Å². The van der Waals surface area contributed by atoms with Crippen molar-refractivity contribution in [2.24, 2.45) is 5.84 Å². The highest BCUT2D eigenvalue weighted by Crippen LogP contribution is 2.31. The molecule has 0 radical (unpaired) electrons. The Morgan fingerprint density at radius 1 is 1.43 bits per heavy atom. The molecule has 0 unspecified atom stereocenters. The summed E-state index contributed by atoms with van der Waals surface area (Å²) in [5.41, 5.74) is 1.43. The first-order valence-electron chi connectivity index (χ1n) is 6.32. The third-order valence-electron chi connectivity index (χ3n) is 3.69. The van der Waals surface area contributed by atoms with Crippen molar-refractivity contribution in [3.63, 3.8) is 0 Å². The highest BCUT2D eigenvalue weighted by molar-refractivity contribution is 7.89. The zero-order chi connectivity index (χ0) is 16.4. The van der Waals surface area contributed by atoms with Gasteiger partial charge < -0.3 is 5.43 Å². The van der Waals surface area contributed by atoms with Crippen LogP contribution in [0.15, 0.2) is 23.1 Å². The molecule has 0 atom stereocenters. The van der Waals surface area contributed by atoms with E-state index in [-0.39, 0.29) is 16.3 Å². The van der Waals surface area contributed by atoms with Crippen molar-refractivity contribution in [2.45, 2.75) is 37.6 Å². The summed E-state index contributed by atoms with van der Waals surface area (Å²) in [5.74, 6) is 5.31. The van der Waals surface area contributed by atoms with Crippen molar-refractivity contribution in [2.75, 3.05) is 12.5 Å². The molecule has 8 nitrogen and oxygen atoms in total. The Morgan fingerprint density at radius 3 is 2.43 bits per heavy atom. The number of sulfonamides is 1. The number of nitrogens with one attached hydrogen (secondary N) is 1. The molecule has 0 heterocycles. The first-order valence-corrected chi connectivity index (χ1v) is 7.76. The van der Waals surface area contributed by atoms with Crippen LogP contribution in [0.4, 0.5) is 11.4 Å².